The first-order valence-electron chi connectivity index (χ1n) is 8.71. The van der Waals surface area contributed by atoms with Gasteiger partial charge < -0.3 is 0 Å². The van der Waals surface area contributed by atoms with Gasteiger partial charge in [-0.15, -0.1) is 35.3 Å². The molecule has 0 bridgehead atoms. The van der Waals surface area contributed by atoms with Crippen LogP contribution >= 0.6 is 47.1 Å². The van der Waals surface area contributed by atoms with Crippen LogP contribution in [0.4, 0.5) is 0 Å². The van der Waals surface area contributed by atoms with Gasteiger partial charge in [0.1, 0.15) is 4.34 Å². The zero-order valence-corrected chi connectivity index (χ0v) is 17.5. The van der Waals surface area contributed by atoms with Crippen LogP contribution in [-0.4, -0.2) is 15.7 Å². The monoisotopic (exact) mass is 404 g/mol. The van der Waals surface area contributed by atoms with Gasteiger partial charge in [0.05, 0.1) is 20.4 Å². The van der Waals surface area contributed by atoms with Crippen molar-refractivity contribution in [2.75, 3.05) is 5.75 Å². The molecular formula is C19H20N2S4. The number of nitrogens with zero attached hydrogens (tertiary/aromatic N) is 2. The van der Waals surface area contributed by atoms with Gasteiger partial charge in [-0.05, 0) is 18.6 Å². The molecule has 6 heteroatoms. The number of hydrogen-bond donors (Lipinski definition) is 1. The minimum atomic E-state index is 0.825. The molecule has 4 rings (SSSR count). The van der Waals surface area contributed by atoms with Gasteiger partial charge in [0.25, 0.3) is 0 Å². The average molecular weight is 405 g/mol. The molecule has 0 fully saturated rings. The number of thioether (sulfide) groups is 1. The molecule has 0 aliphatic rings. The molecular weight excluding hydrogens is 384 g/mol. The van der Waals surface area contributed by atoms with Crippen LogP contribution in [-0.2, 0) is 0 Å². The van der Waals surface area contributed by atoms with E-state index in [1.807, 2.05) is 23.1 Å². The van der Waals surface area contributed by atoms with E-state index >= 15 is 0 Å². The summed E-state index contributed by atoms with van der Waals surface area (Å²) < 4.78 is 4.54. The topological polar surface area (TPSA) is 25.8 Å². The lowest BCUT2D eigenvalue weighted by molar-refractivity contribution is 0.659. The number of unbranched alkanes of at least 4 members (excludes halogenated alkanes) is 4. The summed E-state index contributed by atoms with van der Waals surface area (Å²) in [7, 11) is 0. The van der Waals surface area contributed by atoms with Crippen LogP contribution in [0.2, 0.25) is 0 Å². The van der Waals surface area contributed by atoms with Gasteiger partial charge in [0.2, 0.25) is 0 Å². The lowest BCUT2D eigenvalue weighted by atomic mass is 10.1. The van der Waals surface area contributed by atoms with Gasteiger partial charge in [-0.1, -0.05) is 56.5 Å². The van der Waals surface area contributed by atoms with Crippen molar-refractivity contribution in [1.29, 1.82) is 0 Å². The van der Waals surface area contributed by atoms with Crippen LogP contribution in [0.25, 0.3) is 31.2 Å². The smallest absolute Gasteiger partial charge is 0.151 e. The van der Waals surface area contributed by atoms with Gasteiger partial charge in [-0.2, -0.15) is 0 Å². The van der Waals surface area contributed by atoms with Crippen LogP contribution in [0, 0.1) is 0 Å². The van der Waals surface area contributed by atoms with Crippen molar-refractivity contribution in [3.05, 3.63) is 24.3 Å². The normalized spacial score (nSPS) is 11.9. The van der Waals surface area contributed by atoms with Gasteiger partial charge >= 0.3 is 0 Å². The van der Waals surface area contributed by atoms with Crippen molar-refractivity contribution >= 4 is 78.3 Å². The van der Waals surface area contributed by atoms with E-state index in [0.29, 0.717) is 0 Å². The summed E-state index contributed by atoms with van der Waals surface area (Å²) in [6.07, 6.45) is 6.65. The van der Waals surface area contributed by atoms with Crippen LogP contribution in [0.15, 0.2) is 32.9 Å². The van der Waals surface area contributed by atoms with Crippen molar-refractivity contribution in [3.8, 4) is 0 Å². The molecule has 0 saturated heterocycles. The van der Waals surface area contributed by atoms with Crippen molar-refractivity contribution in [2.24, 2.45) is 0 Å². The molecule has 0 N–H and O–H groups in total. The molecule has 2 aromatic heterocycles. The third-order valence-corrected chi connectivity index (χ3v) is 7.96. The molecule has 0 amide bonds. The fourth-order valence-corrected chi connectivity index (χ4v) is 6.53. The molecule has 0 aliphatic carbocycles. The average Bonchev–Trinajstić information content (AvgIpc) is 3.19. The van der Waals surface area contributed by atoms with Crippen LogP contribution < -0.4 is 0 Å². The summed E-state index contributed by atoms with van der Waals surface area (Å²) in [6.45, 7) is 2.26. The van der Waals surface area contributed by atoms with Crippen LogP contribution in [0.1, 0.15) is 39.0 Å². The van der Waals surface area contributed by atoms with E-state index in [-0.39, 0.29) is 0 Å². The Hall–Kier alpha value is -0.820. The molecule has 2 aromatic carbocycles. The van der Waals surface area contributed by atoms with E-state index in [1.165, 1.54) is 62.4 Å². The number of fused-ring (bicyclic) bond motifs is 5. The summed E-state index contributed by atoms with van der Waals surface area (Å²) in [5.74, 6) is 1.17. The second-order valence-corrected chi connectivity index (χ2v) is 10.2. The predicted molar refractivity (Wildman–Crippen MR) is 117 cm³/mol. The Bertz CT molecular complexity index is 1020. The van der Waals surface area contributed by atoms with Crippen molar-refractivity contribution in [3.63, 3.8) is 0 Å². The summed E-state index contributed by atoms with van der Waals surface area (Å²) in [6, 6.07) is 8.62. The quantitative estimate of drug-likeness (QED) is 0.197. The number of thiol groups is 1. The lowest BCUT2D eigenvalue weighted by Gasteiger charge is -1.99. The summed E-state index contributed by atoms with van der Waals surface area (Å²) in [5.41, 5.74) is 2.15. The number of thiazole rings is 2. The predicted octanol–water partition coefficient (Wildman–Crippen LogP) is 7.41. The molecule has 0 radical (unpaired) electrons. The number of rotatable bonds is 7. The largest absolute Gasteiger partial charge is 0.230 e. The summed E-state index contributed by atoms with van der Waals surface area (Å²) in [4.78, 5) is 9.32. The highest BCUT2D eigenvalue weighted by Gasteiger charge is 2.12. The Morgan fingerprint density at radius 2 is 1.56 bits per heavy atom. The zero-order chi connectivity index (χ0) is 17.2. The Morgan fingerprint density at radius 1 is 0.880 bits per heavy atom. The van der Waals surface area contributed by atoms with Crippen LogP contribution in [0.5, 0.6) is 0 Å². The Labute approximate surface area is 165 Å². The standard InChI is InChI=1S/C19H20N2S4/c1-2-3-4-5-6-11-23-19-21-15-10-8-12-13(17(15)25-19)7-9-14-16(12)24-18(22)20-14/h7-10H,2-6,11H2,1H3,(H,20,22). The molecule has 2 heterocycles. The van der Waals surface area contributed by atoms with E-state index in [1.54, 1.807) is 11.3 Å². The van der Waals surface area contributed by atoms with E-state index < -0.39 is 0 Å². The third-order valence-electron chi connectivity index (χ3n) is 4.34. The fourth-order valence-electron chi connectivity index (χ4n) is 3.07. The highest BCUT2D eigenvalue weighted by molar-refractivity contribution is 8.01. The molecule has 0 spiro atoms. The number of benzene rings is 2. The third kappa shape index (κ3) is 3.68. The van der Waals surface area contributed by atoms with Crippen molar-refractivity contribution in [2.45, 2.75) is 47.7 Å². The summed E-state index contributed by atoms with van der Waals surface area (Å²) >= 11 is 9.79. The molecule has 25 heavy (non-hydrogen) atoms. The number of aromatic nitrogens is 2. The van der Waals surface area contributed by atoms with E-state index in [9.17, 15) is 0 Å². The van der Waals surface area contributed by atoms with Crippen LogP contribution in [0.3, 0.4) is 0 Å². The fraction of sp³-hybridized carbons (Fsp3) is 0.368. The van der Waals surface area contributed by atoms with Crippen molar-refractivity contribution < 1.29 is 0 Å². The summed E-state index contributed by atoms with van der Waals surface area (Å²) in [5, 5.41) is 2.55. The second-order valence-electron chi connectivity index (χ2n) is 6.16. The van der Waals surface area contributed by atoms with E-state index in [2.05, 4.69) is 48.8 Å². The molecule has 0 saturated carbocycles. The first kappa shape index (κ1) is 17.6. The molecule has 2 nitrogen and oxygen atoms in total. The Morgan fingerprint density at radius 3 is 2.32 bits per heavy atom. The first-order chi connectivity index (χ1) is 12.3. The van der Waals surface area contributed by atoms with Gasteiger partial charge in [0, 0.05) is 16.5 Å². The minimum Gasteiger partial charge on any atom is -0.230 e. The van der Waals surface area contributed by atoms with Crippen molar-refractivity contribution in [1.82, 2.24) is 9.97 Å². The molecule has 130 valence electrons. The second kappa shape index (κ2) is 7.82. The Balaban J connectivity index is 1.59. The van der Waals surface area contributed by atoms with Gasteiger partial charge in [-0.3, -0.25) is 0 Å². The van der Waals surface area contributed by atoms with Gasteiger partial charge in [0.15, 0.2) is 4.34 Å². The zero-order valence-electron chi connectivity index (χ0n) is 14.1. The first-order valence-corrected chi connectivity index (χ1v) is 11.8. The molecule has 0 atom stereocenters. The maximum atomic E-state index is 4.84. The highest BCUT2D eigenvalue weighted by atomic mass is 32.2. The van der Waals surface area contributed by atoms with E-state index in [4.69, 9.17) is 4.98 Å². The SMILES string of the molecule is CCCCCCCSc1nc2ccc3c(ccc4nc(S)sc43)c2s1. The highest BCUT2D eigenvalue weighted by Crippen LogP contribution is 2.39. The van der Waals surface area contributed by atoms with E-state index in [0.717, 1.165) is 15.4 Å². The molecule has 0 aliphatic heterocycles. The maximum absolute atomic E-state index is 4.84. The number of hydrogen-bond acceptors (Lipinski definition) is 6. The minimum absolute atomic E-state index is 0.825. The lowest BCUT2D eigenvalue weighted by Crippen LogP contribution is -1.81. The maximum Gasteiger partial charge on any atom is 0.151 e. The molecule has 0 unspecified atom stereocenters. The Kier molecular flexibility index (Phi) is 5.50. The van der Waals surface area contributed by atoms with Gasteiger partial charge in [-0.25, -0.2) is 9.97 Å². The molecule has 4 aromatic rings.